The molecule has 0 aliphatic carbocycles. The summed E-state index contributed by atoms with van der Waals surface area (Å²) in [5, 5.41) is 20.0. The van der Waals surface area contributed by atoms with Crippen molar-refractivity contribution in [3.05, 3.63) is 70.8 Å². The van der Waals surface area contributed by atoms with E-state index in [0.717, 1.165) is 11.1 Å². The standard InChI is InChI=1S/C30H26N4O4S2Se2/c1-29(2,3)17-7-11-19(12-8-17)39(35,36)27-33-23-21(15-31)22(16-32)24-26(25(23)41-27)42-28(34-24)40(37,38)20-13-9-18(10-14-20)30(4,5)6/h7-14H,1-6H3. The summed E-state index contributed by atoms with van der Waals surface area (Å²) in [4.78, 5) is 8.97. The molecule has 12 heteroatoms. The van der Waals surface area contributed by atoms with E-state index in [9.17, 15) is 27.4 Å². The fourth-order valence-electron chi connectivity index (χ4n) is 4.40. The molecule has 0 unspecified atom stereocenters. The van der Waals surface area contributed by atoms with Crippen molar-refractivity contribution in [3.8, 4) is 12.1 Å². The van der Waals surface area contributed by atoms with E-state index >= 15 is 0 Å². The molecule has 0 saturated carbocycles. The predicted octanol–water partition coefficient (Wildman–Crippen LogP) is 4.90. The maximum absolute atomic E-state index is 13.6. The number of hydrogen-bond acceptors (Lipinski definition) is 8. The number of benzene rings is 3. The van der Waals surface area contributed by atoms with Crippen LogP contribution in [0.25, 0.3) is 19.6 Å². The summed E-state index contributed by atoms with van der Waals surface area (Å²) < 4.78 is 55.4. The summed E-state index contributed by atoms with van der Waals surface area (Å²) in [6.07, 6.45) is 0. The van der Waals surface area contributed by atoms with Gasteiger partial charge in [0, 0.05) is 0 Å². The fourth-order valence-corrected chi connectivity index (χ4v) is 13.9. The molecule has 42 heavy (non-hydrogen) atoms. The zero-order chi connectivity index (χ0) is 30.8. The number of hydrogen-bond donors (Lipinski definition) is 0. The van der Waals surface area contributed by atoms with Gasteiger partial charge in [0.05, 0.1) is 0 Å². The second-order valence-electron chi connectivity index (χ2n) is 11.8. The monoisotopic (exact) mass is 730 g/mol. The molecule has 0 bridgehead atoms. The second kappa shape index (κ2) is 10.3. The Kier molecular flexibility index (Phi) is 7.43. The quantitative estimate of drug-likeness (QED) is 0.238. The van der Waals surface area contributed by atoms with Crippen molar-refractivity contribution in [1.82, 2.24) is 9.97 Å². The van der Waals surface area contributed by atoms with E-state index in [2.05, 4.69) is 9.97 Å². The first-order valence-corrected chi connectivity index (χ1v) is 19.2. The molecule has 2 heterocycles. The molecular weight excluding hydrogens is 702 g/mol. The van der Waals surface area contributed by atoms with Gasteiger partial charge in [-0.1, -0.05) is 0 Å². The molecule has 0 amide bonds. The van der Waals surface area contributed by atoms with Crippen LogP contribution in [0.3, 0.4) is 0 Å². The van der Waals surface area contributed by atoms with Crippen LogP contribution in [0, 0.1) is 22.7 Å². The topological polar surface area (TPSA) is 142 Å². The van der Waals surface area contributed by atoms with Crippen LogP contribution in [-0.4, -0.2) is 55.8 Å². The van der Waals surface area contributed by atoms with Gasteiger partial charge >= 0.3 is 258 Å². The molecule has 214 valence electrons. The SMILES string of the molecule is CC(C)(C)c1ccc(S(=O)(=O)c2nc3c(C#N)c(C#N)c4nc(S(=O)(=O)c5ccc(C(C)(C)C)cc5)[se]c4c3[se]2)cc1. The number of fused-ring (bicyclic) bond motifs is 3. The van der Waals surface area contributed by atoms with Crippen LogP contribution in [0.2, 0.25) is 0 Å². The van der Waals surface area contributed by atoms with Crippen molar-refractivity contribution < 1.29 is 16.8 Å². The first-order chi connectivity index (χ1) is 19.5. The van der Waals surface area contributed by atoms with Crippen LogP contribution >= 0.6 is 0 Å². The van der Waals surface area contributed by atoms with E-state index in [-0.39, 0.29) is 50.6 Å². The van der Waals surface area contributed by atoms with Crippen LogP contribution in [0.4, 0.5) is 0 Å². The minimum absolute atomic E-state index is 0.0864. The van der Waals surface area contributed by atoms with E-state index < -0.39 is 48.7 Å². The van der Waals surface area contributed by atoms with Gasteiger partial charge in [-0.2, -0.15) is 0 Å². The number of rotatable bonds is 4. The molecule has 0 radical (unpaired) electrons. The molecule has 8 nitrogen and oxygen atoms in total. The summed E-state index contributed by atoms with van der Waals surface area (Å²) in [6, 6.07) is 17.3. The third-order valence-corrected chi connectivity index (χ3v) is 17.7. The van der Waals surface area contributed by atoms with Crippen LogP contribution < -0.4 is 0 Å². The summed E-state index contributed by atoms with van der Waals surface area (Å²) in [6.45, 7) is 12.2. The van der Waals surface area contributed by atoms with Gasteiger partial charge in [-0.05, 0) is 0 Å². The van der Waals surface area contributed by atoms with Crippen molar-refractivity contribution in [2.24, 2.45) is 0 Å². The molecule has 0 N–H and O–H groups in total. The number of nitrogens with zero attached hydrogens (tertiary/aromatic N) is 4. The third kappa shape index (κ3) is 5.07. The van der Waals surface area contributed by atoms with Gasteiger partial charge in [0.25, 0.3) is 0 Å². The molecule has 0 saturated heterocycles. The normalized spacial score (nSPS) is 12.9. The van der Waals surface area contributed by atoms with Gasteiger partial charge in [-0.25, -0.2) is 0 Å². The van der Waals surface area contributed by atoms with E-state index in [0.29, 0.717) is 8.52 Å². The first kappa shape index (κ1) is 30.4. The van der Waals surface area contributed by atoms with E-state index in [1.165, 1.54) is 0 Å². The first-order valence-electron chi connectivity index (χ1n) is 12.8. The molecule has 0 aliphatic heterocycles. The summed E-state index contributed by atoms with van der Waals surface area (Å²) in [7, 11) is -7.99. The summed E-state index contributed by atoms with van der Waals surface area (Å²) in [5.41, 5.74) is 1.73. The molecule has 5 aromatic rings. The van der Waals surface area contributed by atoms with Crippen molar-refractivity contribution in [3.63, 3.8) is 0 Å². The van der Waals surface area contributed by atoms with Gasteiger partial charge < -0.3 is 0 Å². The molecular formula is C30H26N4O4S2Se2. The number of sulfone groups is 2. The van der Waals surface area contributed by atoms with Crippen LogP contribution in [0.5, 0.6) is 0 Å². The molecule has 0 fully saturated rings. The van der Waals surface area contributed by atoms with E-state index in [4.69, 9.17) is 0 Å². The Morgan fingerprint density at radius 1 is 0.595 bits per heavy atom. The van der Waals surface area contributed by atoms with E-state index in [1.54, 1.807) is 48.5 Å². The van der Waals surface area contributed by atoms with Crippen molar-refractivity contribution in [1.29, 1.82) is 10.5 Å². The number of nitriles is 2. The average molecular weight is 729 g/mol. The fraction of sp³-hybridized carbons (Fsp3) is 0.267. The maximum atomic E-state index is 13.6. The zero-order valence-electron chi connectivity index (χ0n) is 23.7. The summed E-state index contributed by atoms with van der Waals surface area (Å²) >= 11 is -1.71. The van der Waals surface area contributed by atoms with Gasteiger partial charge in [-0.15, -0.1) is 0 Å². The average Bonchev–Trinajstić information content (AvgIpc) is 3.57. The minimum atomic E-state index is -4.00. The Morgan fingerprint density at radius 2 is 0.905 bits per heavy atom. The van der Waals surface area contributed by atoms with E-state index in [1.807, 2.05) is 53.7 Å². The summed E-state index contributed by atoms with van der Waals surface area (Å²) in [5.74, 6) is 0. The molecule has 5 rings (SSSR count). The predicted molar refractivity (Wildman–Crippen MR) is 162 cm³/mol. The van der Waals surface area contributed by atoms with Crippen LogP contribution in [0.1, 0.15) is 63.8 Å². The van der Waals surface area contributed by atoms with Crippen molar-refractivity contribution >= 4 is 68.2 Å². The Bertz CT molecular complexity index is 2030. The number of aromatic nitrogens is 2. The van der Waals surface area contributed by atoms with Crippen molar-refractivity contribution in [2.45, 2.75) is 70.0 Å². The Hall–Kier alpha value is -3.08. The Labute approximate surface area is 257 Å². The van der Waals surface area contributed by atoms with Crippen molar-refractivity contribution in [2.75, 3.05) is 0 Å². The third-order valence-electron chi connectivity index (χ3n) is 6.89. The zero-order valence-corrected chi connectivity index (χ0v) is 28.7. The van der Waals surface area contributed by atoms with Crippen LogP contribution in [-0.2, 0) is 30.5 Å². The second-order valence-corrected chi connectivity index (χ2v) is 20.9. The van der Waals surface area contributed by atoms with Gasteiger partial charge in [0.2, 0.25) is 0 Å². The van der Waals surface area contributed by atoms with Gasteiger partial charge in [0.1, 0.15) is 0 Å². The molecule has 0 aliphatic rings. The molecule has 0 spiro atoms. The van der Waals surface area contributed by atoms with Crippen LogP contribution in [0.15, 0.2) is 66.1 Å². The Balaban J connectivity index is 1.70. The molecule has 3 aromatic carbocycles. The molecule has 2 aromatic heterocycles. The molecule has 0 atom stereocenters. The van der Waals surface area contributed by atoms with Gasteiger partial charge in [0.15, 0.2) is 0 Å². The Morgan fingerprint density at radius 3 is 1.17 bits per heavy atom. The van der Waals surface area contributed by atoms with Gasteiger partial charge in [-0.3, -0.25) is 0 Å².